The van der Waals surface area contributed by atoms with Gasteiger partial charge >= 0.3 is 0 Å². The molecule has 0 saturated heterocycles. The summed E-state index contributed by atoms with van der Waals surface area (Å²) in [6, 6.07) is 0.618. The van der Waals surface area contributed by atoms with Gasteiger partial charge < -0.3 is 4.90 Å². The van der Waals surface area contributed by atoms with Crippen LogP contribution in [0.2, 0.25) is 0 Å². The average molecular weight is 229 g/mol. The lowest BCUT2D eigenvalue weighted by Gasteiger charge is -2.27. The van der Waals surface area contributed by atoms with Crippen molar-refractivity contribution in [3.05, 3.63) is 0 Å². The first-order valence-electron chi connectivity index (χ1n) is 6.18. The largest absolute Gasteiger partial charge is 0.303 e. The smallest absolute Gasteiger partial charge is 0.233 e. The zero-order valence-corrected chi connectivity index (χ0v) is 11.1. The average Bonchev–Trinajstić information content (AvgIpc) is 2.26. The minimum absolute atomic E-state index is 0.0658. The molecule has 0 saturated carbocycles. The quantitative estimate of drug-likeness (QED) is 0.287. The summed E-state index contributed by atoms with van der Waals surface area (Å²) in [6.45, 7) is 7.84. The van der Waals surface area contributed by atoms with E-state index < -0.39 is 0 Å². The molecule has 0 aliphatic carbocycles. The number of rotatable bonds is 8. The summed E-state index contributed by atoms with van der Waals surface area (Å²) < 4.78 is 0. The molecule has 0 aliphatic heterocycles. The Kier molecular flexibility index (Phi) is 8.21. The molecule has 4 nitrogen and oxygen atoms in total. The summed E-state index contributed by atoms with van der Waals surface area (Å²) in [5.74, 6) is 5.62. The standard InChI is InChI=1S/C12H27N3O/c1-10(2)11(3)15(4)9-7-5-6-8-12(16)14-13/h10-11H,5-9,13H2,1-4H3,(H,14,16). The van der Waals surface area contributed by atoms with Crippen LogP contribution in [0.5, 0.6) is 0 Å². The molecule has 0 fully saturated rings. The van der Waals surface area contributed by atoms with Crippen molar-refractivity contribution in [1.82, 2.24) is 10.3 Å². The maximum atomic E-state index is 10.9. The number of nitrogens with two attached hydrogens (primary N) is 1. The van der Waals surface area contributed by atoms with E-state index in [-0.39, 0.29) is 5.91 Å². The number of amides is 1. The Labute approximate surface area is 99.5 Å². The monoisotopic (exact) mass is 229 g/mol. The third-order valence-electron chi connectivity index (χ3n) is 3.24. The van der Waals surface area contributed by atoms with Crippen molar-refractivity contribution >= 4 is 5.91 Å². The summed E-state index contributed by atoms with van der Waals surface area (Å²) in [5.41, 5.74) is 2.15. The molecule has 4 heteroatoms. The maximum absolute atomic E-state index is 10.9. The molecule has 0 heterocycles. The summed E-state index contributed by atoms with van der Waals surface area (Å²) in [5, 5.41) is 0. The van der Waals surface area contributed by atoms with Gasteiger partial charge in [-0.1, -0.05) is 20.3 Å². The van der Waals surface area contributed by atoms with E-state index in [4.69, 9.17) is 5.84 Å². The molecule has 1 unspecified atom stereocenters. The summed E-state index contributed by atoms with van der Waals surface area (Å²) in [6.07, 6.45) is 3.70. The molecule has 0 aliphatic rings. The van der Waals surface area contributed by atoms with Gasteiger partial charge in [0.15, 0.2) is 0 Å². The maximum Gasteiger partial charge on any atom is 0.233 e. The molecule has 0 aromatic heterocycles. The molecule has 0 spiro atoms. The van der Waals surface area contributed by atoms with Crippen molar-refractivity contribution in [2.24, 2.45) is 11.8 Å². The second kappa shape index (κ2) is 8.53. The van der Waals surface area contributed by atoms with E-state index in [1.165, 1.54) is 0 Å². The number of hydrogen-bond acceptors (Lipinski definition) is 3. The van der Waals surface area contributed by atoms with Crippen LogP contribution in [0.3, 0.4) is 0 Å². The van der Waals surface area contributed by atoms with Crippen LogP contribution in [0.1, 0.15) is 46.5 Å². The van der Waals surface area contributed by atoms with Crippen LogP contribution >= 0.6 is 0 Å². The number of nitrogens with one attached hydrogen (secondary N) is 1. The normalized spacial score (nSPS) is 13.2. The number of carbonyl (C=O) groups excluding carboxylic acids is 1. The van der Waals surface area contributed by atoms with Crippen LogP contribution in [0.25, 0.3) is 0 Å². The van der Waals surface area contributed by atoms with Gasteiger partial charge in [0.1, 0.15) is 0 Å². The van der Waals surface area contributed by atoms with Crippen LogP contribution in [0.4, 0.5) is 0 Å². The van der Waals surface area contributed by atoms with Crippen LogP contribution in [0.15, 0.2) is 0 Å². The zero-order valence-electron chi connectivity index (χ0n) is 11.1. The minimum atomic E-state index is -0.0658. The van der Waals surface area contributed by atoms with Gasteiger partial charge in [-0.2, -0.15) is 0 Å². The fourth-order valence-electron chi connectivity index (χ4n) is 1.61. The van der Waals surface area contributed by atoms with Gasteiger partial charge in [-0.15, -0.1) is 0 Å². The first-order valence-corrected chi connectivity index (χ1v) is 6.18. The van der Waals surface area contributed by atoms with E-state index in [9.17, 15) is 4.79 Å². The van der Waals surface area contributed by atoms with E-state index >= 15 is 0 Å². The van der Waals surface area contributed by atoms with E-state index in [1.807, 2.05) is 0 Å². The fraction of sp³-hybridized carbons (Fsp3) is 0.917. The van der Waals surface area contributed by atoms with Gasteiger partial charge in [-0.25, -0.2) is 5.84 Å². The SMILES string of the molecule is CC(C)C(C)N(C)CCCCCC(=O)NN. The molecule has 1 amide bonds. The first kappa shape index (κ1) is 15.4. The second-order valence-electron chi connectivity index (χ2n) is 4.84. The molecule has 0 bridgehead atoms. The highest BCUT2D eigenvalue weighted by Gasteiger charge is 2.11. The van der Waals surface area contributed by atoms with Crippen molar-refractivity contribution in [3.8, 4) is 0 Å². The molecule has 0 aromatic rings. The van der Waals surface area contributed by atoms with E-state index in [0.717, 1.165) is 25.8 Å². The van der Waals surface area contributed by atoms with Crippen molar-refractivity contribution in [1.29, 1.82) is 0 Å². The predicted octanol–water partition coefficient (Wildman–Crippen LogP) is 1.51. The fourth-order valence-corrected chi connectivity index (χ4v) is 1.61. The van der Waals surface area contributed by atoms with Crippen molar-refractivity contribution in [3.63, 3.8) is 0 Å². The van der Waals surface area contributed by atoms with Gasteiger partial charge in [0.05, 0.1) is 0 Å². The molecule has 0 aromatic carbocycles. The molecule has 3 N–H and O–H groups in total. The third-order valence-corrected chi connectivity index (χ3v) is 3.24. The van der Waals surface area contributed by atoms with Crippen LogP contribution in [-0.2, 0) is 4.79 Å². The summed E-state index contributed by atoms with van der Waals surface area (Å²) in [4.78, 5) is 13.2. The molecule has 0 rings (SSSR count). The van der Waals surface area contributed by atoms with Gasteiger partial charge in [0, 0.05) is 12.5 Å². The Morgan fingerprint density at radius 3 is 2.38 bits per heavy atom. The molecular formula is C12H27N3O. The van der Waals surface area contributed by atoms with Gasteiger partial charge in [0.25, 0.3) is 0 Å². The number of unbranched alkanes of at least 4 members (excludes halogenated alkanes) is 2. The molecular weight excluding hydrogens is 202 g/mol. The highest BCUT2D eigenvalue weighted by atomic mass is 16.2. The lowest BCUT2D eigenvalue weighted by Crippen LogP contribution is -2.34. The summed E-state index contributed by atoms with van der Waals surface area (Å²) in [7, 11) is 2.16. The van der Waals surface area contributed by atoms with Crippen LogP contribution in [-0.4, -0.2) is 30.4 Å². The van der Waals surface area contributed by atoms with Gasteiger partial charge in [-0.3, -0.25) is 10.2 Å². The lowest BCUT2D eigenvalue weighted by atomic mass is 10.0. The van der Waals surface area contributed by atoms with Gasteiger partial charge in [0.2, 0.25) is 5.91 Å². The van der Waals surface area contributed by atoms with E-state index in [2.05, 4.69) is 38.1 Å². The minimum Gasteiger partial charge on any atom is -0.303 e. The molecule has 16 heavy (non-hydrogen) atoms. The zero-order chi connectivity index (χ0) is 12.6. The Morgan fingerprint density at radius 1 is 1.25 bits per heavy atom. The van der Waals surface area contributed by atoms with Crippen LogP contribution < -0.4 is 11.3 Å². The van der Waals surface area contributed by atoms with E-state index in [0.29, 0.717) is 18.4 Å². The number of carbonyl (C=O) groups is 1. The second-order valence-corrected chi connectivity index (χ2v) is 4.84. The van der Waals surface area contributed by atoms with E-state index in [1.54, 1.807) is 0 Å². The third kappa shape index (κ3) is 6.80. The van der Waals surface area contributed by atoms with Gasteiger partial charge in [-0.05, 0) is 39.3 Å². The summed E-state index contributed by atoms with van der Waals surface area (Å²) >= 11 is 0. The van der Waals surface area contributed by atoms with Crippen molar-refractivity contribution in [2.75, 3.05) is 13.6 Å². The highest BCUT2D eigenvalue weighted by molar-refractivity contribution is 5.74. The Morgan fingerprint density at radius 2 is 1.88 bits per heavy atom. The molecule has 1 atom stereocenters. The molecule has 96 valence electrons. The topological polar surface area (TPSA) is 58.4 Å². The predicted molar refractivity (Wildman–Crippen MR) is 67.7 cm³/mol. The van der Waals surface area contributed by atoms with Crippen LogP contribution in [0, 0.1) is 5.92 Å². The highest BCUT2D eigenvalue weighted by Crippen LogP contribution is 2.09. The number of hydrazine groups is 1. The first-order chi connectivity index (χ1) is 7.49. The molecule has 0 radical (unpaired) electrons. The Balaban J connectivity index is 3.48. The number of nitrogens with zero attached hydrogens (tertiary/aromatic N) is 1. The lowest BCUT2D eigenvalue weighted by molar-refractivity contribution is -0.121. The number of hydrogen-bond donors (Lipinski definition) is 2. The Bertz CT molecular complexity index is 195. The Hall–Kier alpha value is -0.610. The van der Waals surface area contributed by atoms with Crippen molar-refractivity contribution in [2.45, 2.75) is 52.5 Å². The van der Waals surface area contributed by atoms with Crippen molar-refractivity contribution < 1.29 is 4.79 Å².